The van der Waals surface area contributed by atoms with Gasteiger partial charge in [0.2, 0.25) is 0 Å². The first-order valence-electron chi connectivity index (χ1n) is 8.86. The van der Waals surface area contributed by atoms with E-state index in [2.05, 4.69) is 10.6 Å². The standard InChI is InChI=1S/C20H17ClFN3O3S/c21-14-2-1-3-17(10-14)29(27,28)25-9-8-18(20(26)24-16-11-23-12-16)19(25)13-4-6-15(22)7-5-13/h1-10,16,23H,11-12H2,(H,24,26). The molecule has 1 aliphatic heterocycles. The normalized spacial score (nSPS) is 14.4. The first kappa shape index (κ1) is 19.6. The number of hydrogen-bond acceptors (Lipinski definition) is 4. The molecule has 1 aliphatic rings. The highest BCUT2D eigenvalue weighted by molar-refractivity contribution is 7.90. The fourth-order valence-corrected chi connectivity index (χ4v) is 4.76. The van der Waals surface area contributed by atoms with E-state index in [0.717, 1.165) is 3.97 Å². The third-order valence-corrected chi connectivity index (χ3v) is 6.59. The van der Waals surface area contributed by atoms with Gasteiger partial charge in [0.25, 0.3) is 15.9 Å². The Kier molecular flexibility index (Phi) is 5.16. The van der Waals surface area contributed by atoms with Gasteiger partial charge in [0.15, 0.2) is 0 Å². The van der Waals surface area contributed by atoms with E-state index >= 15 is 0 Å². The van der Waals surface area contributed by atoms with Gasteiger partial charge in [-0.25, -0.2) is 16.8 Å². The summed E-state index contributed by atoms with van der Waals surface area (Å²) in [6.07, 6.45) is 1.32. The van der Waals surface area contributed by atoms with Gasteiger partial charge in [-0.05, 0) is 48.5 Å². The van der Waals surface area contributed by atoms with Crippen molar-refractivity contribution in [3.8, 4) is 11.3 Å². The number of nitrogens with zero attached hydrogens (tertiary/aromatic N) is 1. The molecule has 150 valence electrons. The molecule has 1 aromatic heterocycles. The minimum Gasteiger partial charge on any atom is -0.347 e. The highest BCUT2D eigenvalue weighted by Crippen LogP contribution is 2.30. The minimum atomic E-state index is -4.04. The van der Waals surface area contributed by atoms with E-state index in [0.29, 0.717) is 18.7 Å². The van der Waals surface area contributed by atoms with Crippen LogP contribution in [0.5, 0.6) is 0 Å². The lowest BCUT2D eigenvalue weighted by molar-refractivity contribution is 0.0924. The lowest BCUT2D eigenvalue weighted by atomic mass is 10.1. The van der Waals surface area contributed by atoms with Gasteiger partial charge < -0.3 is 10.6 Å². The minimum absolute atomic E-state index is 0.0147. The van der Waals surface area contributed by atoms with E-state index in [4.69, 9.17) is 11.6 Å². The zero-order valence-electron chi connectivity index (χ0n) is 15.1. The second-order valence-electron chi connectivity index (χ2n) is 6.67. The van der Waals surface area contributed by atoms with Crippen molar-refractivity contribution in [1.82, 2.24) is 14.6 Å². The Balaban J connectivity index is 1.85. The van der Waals surface area contributed by atoms with E-state index in [1.807, 2.05) is 0 Å². The second-order valence-corrected chi connectivity index (χ2v) is 8.92. The van der Waals surface area contributed by atoms with Gasteiger partial charge in [0.1, 0.15) is 5.82 Å². The molecule has 0 radical (unpaired) electrons. The van der Waals surface area contributed by atoms with Crippen molar-refractivity contribution >= 4 is 27.5 Å². The van der Waals surface area contributed by atoms with E-state index in [-0.39, 0.29) is 27.2 Å². The summed E-state index contributed by atoms with van der Waals surface area (Å²) in [5.74, 6) is -0.855. The molecular formula is C20H17ClFN3O3S. The molecule has 4 rings (SSSR count). The van der Waals surface area contributed by atoms with Crippen LogP contribution in [0.3, 0.4) is 0 Å². The SMILES string of the molecule is O=C(NC1CNC1)c1ccn(S(=O)(=O)c2cccc(Cl)c2)c1-c1ccc(F)cc1. The van der Waals surface area contributed by atoms with Gasteiger partial charge >= 0.3 is 0 Å². The third-order valence-electron chi connectivity index (χ3n) is 4.68. The van der Waals surface area contributed by atoms with Gasteiger partial charge in [-0.1, -0.05) is 17.7 Å². The third kappa shape index (κ3) is 3.78. The summed E-state index contributed by atoms with van der Waals surface area (Å²) < 4.78 is 41.0. The lowest BCUT2D eigenvalue weighted by Crippen LogP contribution is -2.56. The van der Waals surface area contributed by atoms with Gasteiger partial charge in [0.05, 0.1) is 22.2 Å². The molecule has 0 bridgehead atoms. The van der Waals surface area contributed by atoms with Crippen molar-refractivity contribution in [2.45, 2.75) is 10.9 Å². The smallest absolute Gasteiger partial charge is 0.268 e. The molecular weight excluding hydrogens is 417 g/mol. The van der Waals surface area contributed by atoms with Crippen LogP contribution in [0, 0.1) is 5.82 Å². The van der Waals surface area contributed by atoms with Gasteiger partial charge in [-0.3, -0.25) is 4.79 Å². The molecule has 0 spiro atoms. The van der Waals surface area contributed by atoms with Crippen molar-refractivity contribution in [1.29, 1.82) is 0 Å². The summed E-state index contributed by atoms with van der Waals surface area (Å²) in [6, 6.07) is 12.6. The number of rotatable bonds is 5. The molecule has 6 nitrogen and oxygen atoms in total. The molecule has 0 unspecified atom stereocenters. The molecule has 0 atom stereocenters. The van der Waals surface area contributed by atoms with Crippen LogP contribution in [0.2, 0.25) is 5.02 Å². The van der Waals surface area contributed by atoms with Crippen molar-refractivity contribution in [2.75, 3.05) is 13.1 Å². The molecule has 2 N–H and O–H groups in total. The number of amides is 1. The zero-order valence-corrected chi connectivity index (χ0v) is 16.7. The Hall–Kier alpha value is -2.68. The number of carbonyl (C=O) groups is 1. The van der Waals surface area contributed by atoms with Crippen LogP contribution < -0.4 is 10.6 Å². The molecule has 1 saturated heterocycles. The predicted octanol–water partition coefficient (Wildman–Crippen LogP) is 2.89. The largest absolute Gasteiger partial charge is 0.347 e. The number of nitrogens with one attached hydrogen (secondary N) is 2. The number of benzene rings is 2. The lowest BCUT2D eigenvalue weighted by Gasteiger charge is -2.28. The van der Waals surface area contributed by atoms with Crippen LogP contribution in [0.25, 0.3) is 11.3 Å². The summed E-state index contributed by atoms with van der Waals surface area (Å²) in [6.45, 7) is 1.30. The molecule has 29 heavy (non-hydrogen) atoms. The van der Waals surface area contributed by atoms with Crippen LogP contribution in [-0.4, -0.2) is 37.4 Å². The summed E-state index contributed by atoms with van der Waals surface area (Å²) in [5, 5.41) is 6.19. The summed E-state index contributed by atoms with van der Waals surface area (Å²) in [7, 11) is -4.04. The molecule has 2 aromatic carbocycles. The molecule has 3 aromatic rings. The van der Waals surface area contributed by atoms with E-state index in [1.54, 1.807) is 6.07 Å². The monoisotopic (exact) mass is 433 g/mol. The fraction of sp³-hybridized carbons (Fsp3) is 0.150. The van der Waals surface area contributed by atoms with E-state index in [9.17, 15) is 17.6 Å². The highest BCUT2D eigenvalue weighted by Gasteiger charge is 2.28. The topological polar surface area (TPSA) is 80.2 Å². The molecule has 0 aliphatic carbocycles. The van der Waals surface area contributed by atoms with Gasteiger partial charge in [-0.2, -0.15) is 0 Å². The number of carbonyl (C=O) groups excluding carboxylic acids is 1. The van der Waals surface area contributed by atoms with Crippen molar-refractivity contribution < 1.29 is 17.6 Å². The van der Waals surface area contributed by atoms with E-state index < -0.39 is 21.7 Å². The number of halogens is 2. The Morgan fingerprint density at radius 2 is 1.86 bits per heavy atom. The maximum atomic E-state index is 13.4. The van der Waals surface area contributed by atoms with Crippen LogP contribution in [0.15, 0.2) is 65.7 Å². The van der Waals surface area contributed by atoms with Gasteiger partial charge in [-0.15, -0.1) is 0 Å². The van der Waals surface area contributed by atoms with Crippen molar-refractivity contribution in [2.24, 2.45) is 0 Å². The summed E-state index contributed by atoms with van der Waals surface area (Å²) in [5.41, 5.74) is 0.753. The van der Waals surface area contributed by atoms with Crippen LogP contribution in [0.4, 0.5) is 4.39 Å². The Bertz CT molecular complexity index is 1170. The number of aromatic nitrogens is 1. The predicted molar refractivity (Wildman–Crippen MR) is 108 cm³/mol. The van der Waals surface area contributed by atoms with Crippen LogP contribution in [0.1, 0.15) is 10.4 Å². The zero-order chi connectivity index (χ0) is 20.6. The van der Waals surface area contributed by atoms with Crippen LogP contribution >= 0.6 is 11.6 Å². The average molecular weight is 434 g/mol. The summed E-state index contributed by atoms with van der Waals surface area (Å²) in [4.78, 5) is 12.8. The van der Waals surface area contributed by atoms with E-state index in [1.165, 1.54) is 54.7 Å². The highest BCUT2D eigenvalue weighted by atomic mass is 35.5. The first-order valence-corrected chi connectivity index (χ1v) is 10.7. The summed E-state index contributed by atoms with van der Waals surface area (Å²) >= 11 is 5.96. The molecule has 1 amide bonds. The second kappa shape index (κ2) is 7.62. The molecule has 1 fully saturated rings. The molecule has 9 heteroatoms. The Morgan fingerprint density at radius 3 is 2.48 bits per heavy atom. The fourth-order valence-electron chi connectivity index (χ4n) is 3.08. The maximum absolute atomic E-state index is 13.4. The van der Waals surface area contributed by atoms with Crippen LogP contribution in [-0.2, 0) is 10.0 Å². The number of hydrogen-bond donors (Lipinski definition) is 2. The Labute approximate surface area is 172 Å². The quantitative estimate of drug-likeness (QED) is 0.648. The maximum Gasteiger partial charge on any atom is 0.268 e. The van der Waals surface area contributed by atoms with Gasteiger partial charge in [0, 0.05) is 29.9 Å². The average Bonchev–Trinajstić information content (AvgIpc) is 3.11. The Morgan fingerprint density at radius 1 is 1.14 bits per heavy atom. The molecule has 0 saturated carbocycles. The first-order chi connectivity index (χ1) is 13.9. The van der Waals surface area contributed by atoms with Crippen molar-refractivity contribution in [3.63, 3.8) is 0 Å². The molecule has 2 heterocycles. The van der Waals surface area contributed by atoms with Crippen molar-refractivity contribution in [3.05, 3.63) is 77.2 Å².